The van der Waals surface area contributed by atoms with E-state index in [4.69, 9.17) is 18.9 Å². The van der Waals surface area contributed by atoms with Gasteiger partial charge in [-0.05, 0) is 79.2 Å². The molecule has 9 nitrogen and oxygen atoms in total. The third-order valence-electron chi connectivity index (χ3n) is 10.6. The monoisotopic (exact) mass is 795 g/mol. The minimum absolute atomic E-state index is 0.0122. The van der Waals surface area contributed by atoms with Crippen molar-refractivity contribution in [1.82, 2.24) is 0 Å². The highest BCUT2D eigenvalue weighted by Crippen LogP contribution is 2.37. The smallest absolute Gasteiger partial charge is 0.342 e. The molecule has 4 unspecified atom stereocenters. The van der Waals surface area contributed by atoms with Gasteiger partial charge in [0.15, 0.2) is 0 Å². The molecule has 0 radical (unpaired) electrons. The van der Waals surface area contributed by atoms with Gasteiger partial charge >= 0.3 is 23.9 Å². The Morgan fingerprint density at radius 1 is 0.474 bits per heavy atom. The molecule has 0 aliphatic rings. The minimum Gasteiger partial charge on any atom is -0.506 e. The number of phenols is 1. The maximum Gasteiger partial charge on any atom is 0.342 e. The van der Waals surface area contributed by atoms with Gasteiger partial charge in [0.2, 0.25) is 0 Å². The van der Waals surface area contributed by atoms with Gasteiger partial charge in [-0.3, -0.25) is 0 Å². The van der Waals surface area contributed by atoms with E-state index in [1.54, 1.807) is 6.07 Å². The normalized spacial score (nSPS) is 13.3. The Balaban J connectivity index is 2.54. The topological polar surface area (TPSA) is 125 Å². The molecule has 0 saturated heterocycles. The Morgan fingerprint density at radius 3 is 1.23 bits per heavy atom. The van der Waals surface area contributed by atoms with Gasteiger partial charge in [0.05, 0.1) is 43.1 Å². The van der Waals surface area contributed by atoms with Crippen molar-refractivity contribution in [2.45, 2.75) is 158 Å². The number of hydrogen-bond donors (Lipinski definition) is 1. The van der Waals surface area contributed by atoms with Gasteiger partial charge in [0.1, 0.15) is 11.3 Å². The largest absolute Gasteiger partial charge is 0.506 e. The van der Waals surface area contributed by atoms with Gasteiger partial charge in [0, 0.05) is 5.56 Å². The Hall–Kier alpha value is -3.88. The number of rotatable bonds is 29. The number of carbonyl (C=O) groups is 4. The first-order chi connectivity index (χ1) is 27.4. The fourth-order valence-corrected chi connectivity index (χ4v) is 6.74. The highest BCUT2D eigenvalue weighted by atomic mass is 16.5. The average Bonchev–Trinajstić information content (AvgIpc) is 3.20. The third kappa shape index (κ3) is 17.7. The van der Waals surface area contributed by atoms with Gasteiger partial charge < -0.3 is 24.1 Å². The quantitative estimate of drug-likeness (QED) is 0.0486. The van der Waals surface area contributed by atoms with Crippen LogP contribution in [0.15, 0.2) is 30.3 Å². The number of phenolic OH excluding ortho intramolecular Hbond substituents is 1. The Labute approximate surface area is 344 Å². The van der Waals surface area contributed by atoms with E-state index in [-0.39, 0.29) is 77.9 Å². The predicted octanol–water partition coefficient (Wildman–Crippen LogP) is 12.6. The summed E-state index contributed by atoms with van der Waals surface area (Å²) in [5, 5.41) is 11.8. The zero-order chi connectivity index (χ0) is 42.2. The summed E-state index contributed by atoms with van der Waals surface area (Å²) < 4.78 is 22.8. The molecule has 4 atom stereocenters. The number of unbranched alkanes of at least 4 members (excludes halogenated alkanes) is 8. The maximum atomic E-state index is 13.8. The van der Waals surface area contributed by atoms with E-state index in [2.05, 4.69) is 27.7 Å². The van der Waals surface area contributed by atoms with Gasteiger partial charge in [-0.2, -0.15) is 0 Å². The molecule has 0 aliphatic carbocycles. The van der Waals surface area contributed by atoms with Crippen molar-refractivity contribution in [3.8, 4) is 16.9 Å². The van der Waals surface area contributed by atoms with E-state index in [1.807, 2.05) is 27.7 Å². The molecule has 0 heterocycles. The fraction of sp³-hybridized carbons (Fsp3) is 0.667. The number of ether oxygens (including phenoxy) is 4. The van der Waals surface area contributed by atoms with E-state index < -0.39 is 29.6 Å². The van der Waals surface area contributed by atoms with E-state index in [0.717, 1.165) is 103 Å². The molecule has 9 heteroatoms. The molecule has 0 aromatic heterocycles. The summed E-state index contributed by atoms with van der Waals surface area (Å²) >= 11 is 0. The maximum absolute atomic E-state index is 13.8. The van der Waals surface area contributed by atoms with Crippen molar-refractivity contribution < 1.29 is 43.2 Å². The van der Waals surface area contributed by atoms with Gasteiger partial charge in [-0.15, -0.1) is 0 Å². The van der Waals surface area contributed by atoms with Crippen LogP contribution < -0.4 is 0 Å². The zero-order valence-electron chi connectivity index (χ0n) is 36.6. The Morgan fingerprint density at radius 2 is 0.825 bits per heavy atom. The number of esters is 4. The highest BCUT2D eigenvalue weighted by Gasteiger charge is 2.29. The summed E-state index contributed by atoms with van der Waals surface area (Å²) in [5.41, 5.74) is 0.141. The third-order valence-corrected chi connectivity index (χ3v) is 10.6. The molecule has 0 spiro atoms. The molecule has 1 N–H and O–H groups in total. The summed E-state index contributed by atoms with van der Waals surface area (Å²) in [5.74, 6) is -2.90. The van der Waals surface area contributed by atoms with Crippen molar-refractivity contribution in [1.29, 1.82) is 0 Å². The second kappa shape index (κ2) is 27.7. The number of carbonyl (C=O) groups excluding carboxylic acids is 4. The van der Waals surface area contributed by atoms with Crippen LogP contribution in [0.5, 0.6) is 5.75 Å². The van der Waals surface area contributed by atoms with Crippen molar-refractivity contribution >= 4 is 23.9 Å². The summed E-state index contributed by atoms with van der Waals surface area (Å²) in [6, 6.07) is 7.50. The van der Waals surface area contributed by atoms with Gasteiger partial charge in [0.25, 0.3) is 0 Å². The molecule has 320 valence electrons. The van der Waals surface area contributed by atoms with Crippen LogP contribution in [0.2, 0.25) is 0 Å². The van der Waals surface area contributed by atoms with Crippen molar-refractivity contribution in [3.63, 3.8) is 0 Å². The molecule has 0 aliphatic heterocycles. The minimum atomic E-state index is -0.843. The van der Waals surface area contributed by atoms with Crippen LogP contribution in [0.25, 0.3) is 11.1 Å². The summed E-state index contributed by atoms with van der Waals surface area (Å²) in [4.78, 5) is 54.5. The van der Waals surface area contributed by atoms with Crippen LogP contribution in [-0.2, 0) is 18.9 Å². The first kappa shape index (κ1) is 49.3. The predicted molar refractivity (Wildman–Crippen MR) is 228 cm³/mol. The molecule has 57 heavy (non-hydrogen) atoms. The van der Waals surface area contributed by atoms with Crippen molar-refractivity contribution in [3.05, 3.63) is 52.6 Å². The zero-order valence-corrected chi connectivity index (χ0v) is 36.6. The number of aromatic hydroxyl groups is 1. The lowest BCUT2D eigenvalue weighted by atomic mass is 9.94. The van der Waals surface area contributed by atoms with Crippen LogP contribution in [0.1, 0.15) is 200 Å². The van der Waals surface area contributed by atoms with Crippen LogP contribution in [-0.4, -0.2) is 55.4 Å². The summed E-state index contributed by atoms with van der Waals surface area (Å²) in [7, 11) is 0. The lowest BCUT2D eigenvalue weighted by molar-refractivity contribution is 0.0393. The second-order valence-electron chi connectivity index (χ2n) is 16.4. The molecule has 0 saturated carbocycles. The Kier molecular flexibility index (Phi) is 23.9. The standard InChI is InChI=1S/C48H74O9/c1-9-13-17-21-34(5)30-54-45(50)40-26-25-38(29-42(40)47(52)56-32-36(7)23-19-15-11-3)39-27-28-41(46(51)55-31-35(6)22-18-14-10-2)43(44(39)49)48(53)57-33-37(8)24-20-16-12-4/h25-29,34-37,49H,9-24,30-33H2,1-8H3. The summed E-state index contributed by atoms with van der Waals surface area (Å²) in [6.07, 6.45) is 16.5. The van der Waals surface area contributed by atoms with Gasteiger partial charge in [-0.25, -0.2) is 19.2 Å². The Bertz CT molecular complexity index is 1520. The molecular weight excluding hydrogens is 721 g/mol. The molecule has 2 aromatic carbocycles. The molecule has 0 amide bonds. The molecule has 2 rings (SSSR count). The highest BCUT2D eigenvalue weighted by molar-refractivity contribution is 6.08. The second-order valence-corrected chi connectivity index (χ2v) is 16.4. The first-order valence-electron chi connectivity index (χ1n) is 22.1. The molecule has 2 aromatic rings. The van der Waals surface area contributed by atoms with E-state index in [1.165, 1.54) is 24.3 Å². The first-order valence-corrected chi connectivity index (χ1v) is 22.1. The summed E-state index contributed by atoms with van der Waals surface area (Å²) in [6.45, 7) is 17.3. The average molecular weight is 795 g/mol. The van der Waals surface area contributed by atoms with E-state index in [9.17, 15) is 24.3 Å². The SMILES string of the molecule is CCCCCC(C)COC(=O)c1ccc(-c2ccc(C(=O)OCC(C)CCCCC)c(C(=O)OCC(C)CCCCC)c2O)cc1C(=O)OCC(C)CCCCC. The van der Waals surface area contributed by atoms with E-state index in [0.29, 0.717) is 5.56 Å². The van der Waals surface area contributed by atoms with Crippen LogP contribution in [0.4, 0.5) is 0 Å². The molecular formula is C48H74O9. The number of benzene rings is 2. The van der Waals surface area contributed by atoms with Gasteiger partial charge in [-0.1, -0.05) is 139 Å². The van der Waals surface area contributed by atoms with Crippen LogP contribution in [0, 0.1) is 23.7 Å². The lowest BCUT2D eigenvalue weighted by Gasteiger charge is -2.18. The lowest BCUT2D eigenvalue weighted by Crippen LogP contribution is -2.19. The van der Waals surface area contributed by atoms with E-state index >= 15 is 0 Å². The molecule has 0 bridgehead atoms. The fourth-order valence-electron chi connectivity index (χ4n) is 6.74. The van der Waals surface area contributed by atoms with Crippen molar-refractivity contribution in [2.75, 3.05) is 26.4 Å². The molecule has 0 fully saturated rings. The van der Waals surface area contributed by atoms with Crippen molar-refractivity contribution in [2.24, 2.45) is 23.7 Å². The number of hydrogen-bond acceptors (Lipinski definition) is 9. The van der Waals surface area contributed by atoms with Crippen LogP contribution >= 0.6 is 0 Å². The van der Waals surface area contributed by atoms with Crippen LogP contribution in [0.3, 0.4) is 0 Å².